The number of aryl methyl sites for hydroxylation is 2. The summed E-state index contributed by atoms with van der Waals surface area (Å²) >= 11 is 13.8. The van der Waals surface area contributed by atoms with Gasteiger partial charge in [0.1, 0.15) is 6.04 Å². The van der Waals surface area contributed by atoms with Crippen LogP contribution in [-0.4, -0.2) is 32.0 Å². The van der Waals surface area contributed by atoms with Crippen LogP contribution in [0.3, 0.4) is 0 Å². The SMILES string of the molecule is O=C(O)C1Cc2c(cccc2[N+](=O)[O-])CN1Nc1nc2c(s1)CCc1cc(Cl)c(Cl)cc1-2. The Kier molecular flexibility index (Phi) is 5.29. The monoisotopic (exact) mass is 490 g/mol. The van der Waals surface area contributed by atoms with Gasteiger partial charge in [-0.15, -0.1) is 11.3 Å². The lowest BCUT2D eigenvalue weighted by Gasteiger charge is -2.33. The van der Waals surface area contributed by atoms with Gasteiger partial charge >= 0.3 is 5.97 Å². The number of aromatic nitrogens is 1. The van der Waals surface area contributed by atoms with Gasteiger partial charge in [0.15, 0.2) is 5.13 Å². The molecule has 11 heteroatoms. The number of hydrazine groups is 1. The van der Waals surface area contributed by atoms with E-state index in [0.717, 1.165) is 40.1 Å². The van der Waals surface area contributed by atoms with Gasteiger partial charge < -0.3 is 5.11 Å². The summed E-state index contributed by atoms with van der Waals surface area (Å²) in [6.45, 7) is 0.205. The Morgan fingerprint density at radius 1 is 1.25 bits per heavy atom. The summed E-state index contributed by atoms with van der Waals surface area (Å²) < 4.78 is 0. The first-order valence-corrected chi connectivity index (χ1v) is 11.4. The quantitative estimate of drug-likeness (QED) is 0.392. The molecule has 2 heterocycles. The second-order valence-corrected chi connectivity index (χ2v) is 9.58. The molecule has 2 N–H and O–H groups in total. The van der Waals surface area contributed by atoms with E-state index < -0.39 is 16.9 Å². The number of carbonyl (C=O) groups is 1. The predicted molar refractivity (Wildman–Crippen MR) is 122 cm³/mol. The van der Waals surface area contributed by atoms with Gasteiger partial charge in [-0.05, 0) is 36.1 Å². The highest BCUT2D eigenvalue weighted by Crippen LogP contribution is 2.41. The number of halogens is 2. The molecule has 5 rings (SSSR count). The number of hydrogen-bond acceptors (Lipinski definition) is 7. The van der Waals surface area contributed by atoms with Crippen LogP contribution >= 0.6 is 34.5 Å². The molecule has 0 fully saturated rings. The topological polar surface area (TPSA) is 109 Å². The second-order valence-electron chi connectivity index (χ2n) is 7.68. The predicted octanol–water partition coefficient (Wildman–Crippen LogP) is 4.96. The Balaban J connectivity index is 1.47. The lowest BCUT2D eigenvalue weighted by molar-refractivity contribution is -0.385. The van der Waals surface area contributed by atoms with Gasteiger partial charge in [-0.1, -0.05) is 35.3 Å². The molecule has 0 saturated carbocycles. The summed E-state index contributed by atoms with van der Waals surface area (Å²) in [4.78, 5) is 28.7. The zero-order valence-electron chi connectivity index (χ0n) is 16.5. The van der Waals surface area contributed by atoms with Crippen LogP contribution < -0.4 is 5.43 Å². The van der Waals surface area contributed by atoms with Crippen molar-refractivity contribution in [2.24, 2.45) is 0 Å². The van der Waals surface area contributed by atoms with Gasteiger partial charge in [0.05, 0.1) is 20.7 Å². The number of nitrogens with one attached hydrogen (secondary N) is 1. The standard InChI is InChI=1S/C21H16Cl2N4O4S/c22-14-6-10-4-5-18-19(13(10)7-15(14)23)24-21(32-18)25-26-9-11-2-1-3-16(27(30)31)12(11)8-17(26)20(28)29/h1-3,6-7,17H,4-5,8-9H2,(H,24,25)(H,28,29). The molecule has 1 aliphatic heterocycles. The van der Waals surface area contributed by atoms with E-state index in [2.05, 4.69) is 5.43 Å². The number of nitro groups is 1. The maximum Gasteiger partial charge on any atom is 0.323 e. The number of carboxylic acids is 1. The number of hydrogen-bond donors (Lipinski definition) is 2. The Bertz CT molecular complexity index is 1280. The summed E-state index contributed by atoms with van der Waals surface area (Å²) in [6.07, 6.45) is 1.65. The molecule has 8 nitrogen and oxygen atoms in total. The third-order valence-electron chi connectivity index (χ3n) is 5.80. The Labute approximate surface area is 196 Å². The molecule has 1 atom stereocenters. The summed E-state index contributed by atoms with van der Waals surface area (Å²) in [5.41, 5.74) is 7.10. The summed E-state index contributed by atoms with van der Waals surface area (Å²) in [7, 11) is 0. The number of nitro benzene ring substituents is 1. The Morgan fingerprint density at radius 2 is 2.03 bits per heavy atom. The molecule has 0 spiro atoms. The number of benzene rings is 2. The van der Waals surface area contributed by atoms with E-state index in [9.17, 15) is 20.0 Å². The Hall–Kier alpha value is -2.72. The molecule has 2 aromatic carbocycles. The molecule has 0 saturated heterocycles. The van der Waals surface area contributed by atoms with Gasteiger partial charge in [-0.25, -0.2) is 9.99 Å². The number of thiazole rings is 1. The molecule has 32 heavy (non-hydrogen) atoms. The van der Waals surface area contributed by atoms with Gasteiger partial charge in [0.2, 0.25) is 0 Å². The maximum atomic E-state index is 12.0. The van der Waals surface area contributed by atoms with Crippen LogP contribution in [0.1, 0.15) is 21.6 Å². The summed E-state index contributed by atoms with van der Waals surface area (Å²) in [6, 6.07) is 7.52. The molecular weight excluding hydrogens is 475 g/mol. The van der Waals surface area contributed by atoms with Gasteiger partial charge in [-0.3, -0.25) is 20.3 Å². The molecule has 0 amide bonds. The van der Waals surface area contributed by atoms with Crippen LogP contribution in [-0.2, 0) is 30.6 Å². The van der Waals surface area contributed by atoms with Crippen molar-refractivity contribution in [3.05, 3.63) is 72.1 Å². The Morgan fingerprint density at radius 3 is 2.78 bits per heavy atom. The second kappa shape index (κ2) is 8.00. The summed E-state index contributed by atoms with van der Waals surface area (Å²) in [5.74, 6) is -1.06. The van der Waals surface area contributed by atoms with Crippen LogP contribution in [0.4, 0.5) is 10.8 Å². The van der Waals surface area contributed by atoms with Crippen molar-refractivity contribution in [2.75, 3.05) is 5.43 Å². The largest absolute Gasteiger partial charge is 0.480 e. The minimum absolute atomic E-state index is 0.0247. The van der Waals surface area contributed by atoms with Gasteiger partial charge in [-0.2, -0.15) is 0 Å². The minimum Gasteiger partial charge on any atom is -0.480 e. The zero-order chi connectivity index (χ0) is 22.6. The third-order valence-corrected chi connectivity index (χ3v) is 7.55. The minimum atomic E-state index is -1.06. The highest BCUT2D eigenvalue weighted by molar-refractivity contribution is 7.16. The van der Waals surface area contributed by atoms with E-state index in [-0.39, 0.29) is 18.7 Å². The number of nitrogens with zero attached hydrogens (tertiary/aromatic N) is 3. The van der Waals surface area contributed by atoms with Crippen LogP contribution in [0, 0.1) is 10.1 Å². The number of aliphatic carboxylic acids is 1. The number of carboxylic acid groups (broad SMARTS) is 1. The third kappa shape index (κ3) is 3.61. The molecule has 1 unspecified atom stereocenters. The van der Waals surface area contributed by atoms with Gasteiger partial charge in [0, 0.05) is 35.0 Å². The van der Waals surface area contributed by atoms with Crippen molar-refractivity contribution in [2.45, 2.75) is 31.8 Å². The average Bonchev–Trinajstić information content (AvgIpc) is 3.16. The van der Waals surface area contributed by atoms with Crippen molar-refractivity contribution < 1.29 is 14.8 Å². The van der Waals surface area contributed by atoms with E-state index in [0.29, 0.717) is 20.7 Å². The first-order chi connectivity index (χ1) is 15.3. The molecule has 164 valence electrons. The molecule has 1 aliphatic carbocycles. The van der Waals surface area contributed by atoms with E-state index in [1.165, 1.54) is 17.4 Å². The smallest absolute Gasteiger partial charge is 0.323 e. The molecule has 0 bridgehead atoms. The van der Waals surface area contributed by atoms with Crippen LogP contribution in [0.25, 0.3) is 11.3 Å². The number of rotatable bonds is 4. The molecule has 3 aromatic rings. The highest BCUT2D eigenvalue weighted by Gasteiger charge is 2.36. The van der Waals surface area contributed by atoms with Crippen LogP contribution in [0.5, 0.6) is 0 Å². The lowest BCUT2D eigenvalue weighted by atomic mass is 9.93. The molecular formula is C21H16Cl2N4O4S. The fourth-order valence-corrected chi connectivity index (χ4v) is 5.62. The van der Waals surface area contributed by atoms with Gasteiger partial charge in [0.25, 0.3) is 5.69 Å². The van der Waals surface area contributed by atoms with E-state index in [1.807, 2.05) is 12.1 Å². The lowest BCUT2D eigenvalue weighted by Crippen LogP contribution is -2.48. The fraction of sp³-hybridized carbons (Fsp3) is 0.238. The van der Waals surface area contributed by atoms with Crippen molar-refractivity contribution in [3.63, 3.8) is 0 Å². The molecule has 2 aliphatic rings. The zero-order valence-corrected chi connectivity index (χ0v) is 18.8. The van der Waals surface area contributed by atoms with Crippen molar-refractivity contribution in [1.82, 2.24) is 9.99 Å². The molecule has 0 radical (unpaired) electrons. The van der Waals surface area contributed by atoms with Crippen molar-refractivity contribution in [1.29, 1.82) is 0 Å². The first kappa shape index (κ1) is 21.1. The molecule has 1 aromatic heterocycles. The maximum absolute atomic E-state index is 12.0. The first-order valence-electron chi connectivity index (χ1n) is 9.81. The average molecular weight is 491 g/mol. The van der Waals surface area contributed by atoms with Crippen molar-refractivity contribution in [3.8, 4) is 11.3 Å². The number of anilines is 1. The van der Waals surface area contributed by atoms with Crippen LogP contribution in [0.15, 0.2) is 30.3 Å². The fourth-order valence-electron chi connectivity index (χ4n) is 4.28. The normalized spacial score (nSPS) is 17.2. The summed E-state index contributed by atoms with van der Waals surface area (Å²) in [5, 5.41) is 24.3. The highest BCUT2D eigenvalue weighted by atomic mass is 35.5. The van der Waals surface area contributed by atoms with E-state index in [4.69, 9.17) is 28.2 Å². The van der Waals surface area contributed by atoms with E-state index >= 15 is 0 Å². The van der Waals surface area contributed by atoms with Crippen LogP contribution in [0.2, 0.25) is 10.0 Å². The van der Waals surface area contributed by atoms with Crippen molar-refractivity contribution >= 4 is 51.3 Å². The number of fused-ring (bicyclic) bond motifs is 4. The van der Waals surface area contributed by atoms with E-state index in [1.54, 1.807) is 17.1 Å².